The molecule has 1 amide bonds. The topological polar surface area (TPSA) is 62.5 Å². The maximum atomic E-state index is 12.5. The summed E-state index contributed by atoms with van der Waals surface area (Å²) in [6.45, 7) is 4.31. The van der Waals surface area contributed by atoms with Crippen LogP contribution in [0.5, 0.6) is 0 Å². The Bertz CT molecular complexity index is 977. The van der Waals surface area contributed by atoms with Crippen molar-refractivity contribution in [3.8, 4) is 11.5 Å². The van der Waals surface area contributed by atoms with Gasteiger partial charge in [0, 0.05) is 51.1 Å². The molecule has 0 unspecified atom stereocenters. The van der Waals surface area contributed by atoms with Crippen LogP contribution in [0, 0.1) is 0 Å². The van der Waals surface area contributed by atoms with E-state index in [1.54, 1.807) is 0 Å². The number of benzene rings is 2. The number of hydrogen-bond donors (Lipinski definition) is 0. The van der Waals surface area contributed by atoms with Gasteiger partial charge in [-0.3, -0.25) is 9.69 Å². The fraction of sp³-hybridized carbons (Fsp3) is 0.320. The van der Waals surface area contributed by atoms with Crippen LogP contribution >= 0.6 is 0 Å². The molecule has 2 heterocycles. The fourth-order valence-electron chi connectivity index (χ4n) is 3.68. The molecular weight excluding hydrogens is 388 g/mol. The van der Waals surface area contributed by atoms with E-state index in [-0.39, 0.29) is 5.91 Å². The van der Waals surface area contributed by atoms with E-state index in [1.807, 2.05) is 53.4 Å². The molecule has 1 aliphatic rings. The minimum atomic E-state index is 0.210. The summed E-state index contributed by atoms with van der Waals surface area (Å²) in [4.78, 5) is 16.9. The first-order valence-corrected chi connectivity index (χ1v) is 10.9. The summed E-state index contributed by atoms with van der Waals surface area (Å²) in [5.41, 5.74) is 2.13. The second kappa shape index (κ2) is 10.7. The fourth-order valence-corrected chi connectivity index (χ4v) is 3.68. The molecule has 0 saturated carbocycles. The van der Waals surface area contributed by atoms with Crippen LogP contribution in [0.15, 0.2) is 71.2 Å². The van der Waals surface area contributed by atoms with Crippen LogP contribution in [0.4, 0.5) is 0 Å². The summed E-state index contributed by atoms with van der Waals surface area (Å²) in [5, 5.41) is 8.21. The van der Waals surface area contributed by atoms with Crippen molar-refractivity contribution < 1.29 is 9.21 Å². The SMILES string of the molecule is O=C(CCCc1nnc(-c2ccccc2)o1)N1CCN(C/C=C/c2ccccc2)CC1. The van der Waals surface area contributed by atoms with Gasteiger partial charge in [-0.25, -0.2) is 0 Å². The number of aromatic nitrogens is 2. The van der Waals surface area contributed by atoms with Crippen LogP contribution in [0.1, 0.15) is 24.3 Å². The normalized spacial score (nSPS) is 14.9. The van der Waals surface area contributed by atoms with Crippen LogP contribution in [0.25, 0.3) is 17.5 Å². The first-order chi connectivity index (χ1) is 15.3. The first-order valence-electron chi connectivity index (χ1n) is 10.9. The molecule has 0 radical (unpaired) electrons. The Balaban J connectivity index is 1.15. The number of amides is 1. The van der Waals surface area contributed by atoms with Crippen molar-refractivity contribution in [3.05, 3.63) is 78.2 Å². The summed E-state index contributed by atoms with van der Waals surface area (Å²) >= 11 is 0. The molecule has 6 nitrogen and oxygen atoms in total. The van der Waals surface area contributed by atoms with Gasteiger partial charge in [0.1, 0.15) is 0 Å². The highest BCUT2D eigenvalue weighted by Gasteiger charge is 2.20. The van der Waals surface area contributed by atoms with Crippen molar-refractivity contribution in [1.82, 2.24) is 20.0 Å². The monoisotopic (exact) mass is 416 g/mol. The van der Waals surface area contributed by atoms with E-state index < -0.39 is 0 Å². The molecule has 1 fully saturated rings. The molecule has 3 aromatic rings. The zero-order valence-electron chi connectivity index (χ0n) is 17.7. The van der Waals surface area contributed by atoms with Gasteiger partial charge in [-0.05, 0) is 24.1 Å². The number of carbonyl (C=O) groups excluding carboxylic acids is 1. The lowest BCUT2D eigenvalue weighted by Gasteiger charge is -2.34. The Morgan fingerprint density at radius 1 is 0.935 bits per heavy atom. The molecule has 4 rings (SSSR count). The van der Waals surface area contributed by atoms with Gasteiger partial charge in [0.05, 0.1) is 0 Å². The molecular formula is C25H28N4O2. The first kappa shape index (κ1) is 21.0. The molecule has 0 aliphatic carbocycles. The Labute approximate surface area is 183 Å². The van der Waals surface area contributed by atoms with Gasteiger partial charge in [-0.1, -0.05) is 60.7 Å². The van der Waals surface area contributed by atoms with Gasteiger partial charge in [0.15, 0.2) is 0 Å². The summed E-state index contributed by atoms with van der Waals surface area (Å²) in [6, 6.07) is 20.0. The van der Waals surface area contributed by atoms with Gasteiger partial charge in [0.25, 0.3) is 0 Å². The molecule has 1 aliphatic heterocycles. The molecule has 0 atom stereocenters. The van der Waals surface area contributed by atoms with Gasteiger partial charge in [-0.2, -0.15) is 0 Å². The van der Waals surface area contributed by atoms with Crippen LogP contribution in [-0.4, -0.2) is 58.6 Å². The van der Waals surface area contributed by atoms with E-state index in [9.17, 15) is 4.79 Å². The molecule has 0 spiro atoms. The second-order valence-electron chi connectivity index (χ2n) is 7.71. The van der Waals surface area contributed by atoms with Gasteiger partial charge >= 0.3 is 0 Å². The lowest BCUT2D eigenvalue weighted by molar-refractivity contribution is -0.132. The van der Waals surface area contributed by atoms with E-state index in [4.69, 9.17) is 4.42 Å². The summed E-state index contributed by atoms with van der Waals surface area (Å²) in [6.07, 6.45) is 6.20. The molecule has 0 bridgehead atoms. The summed E-state index contributed by atoms with van der Waals surface area (Å²) in [7, 11) is 0. The highest BCUT2D eigenvalue weighted by atomic mass is 16.4. The molecule has 6 heteroatoms. The van der Waals surface area contributed by atoms with E-state index >= 15 is 0 Å². The summed E-state index contributed by atoms with van der Waals surface area (Å²) < 4.78 is 5.72. The molecule has 0 N–H and O–H groups in total. The van der Waals surface area contributed by atoms with Crippen molar-refractivity contribution in [3.63, 3.8) is 0 Å². The Hall–Kier alpha value is -3.25. The molecule has 1 saturated heterocycles. The molecule has 160 valence electrons. The van der Waals surface area contributed by atoms with Crippen LogP contribution < -0.4 is 0 Å². The smallest absolute Gasteiger partial charge is 0.247 e. The van der Waals surface area contributed by atoms with E-state index in [0.717, 1.165) is 44.7 Å². The standard InChI is InChI=1S/C25H28N4O2/c30-24(15-7-14-23-26-27-25(31-23)22-12-5-2-6-13-22)29-19-17-28(18-20-29)16-8-11-21-9-3-1-4-10-21/h1-6,8-13H,7,14-20H2/b11-8+. The summed E-state index contributed by atoms with van der Waals surface area (Å²) in [5.74, 6) is 1.32. The van der Waals surface area contributed by atoms with E-state index in [0.29, 0.717) is 24.6 Å². The van der Waals surface area contributed by atoms with Gasteiger partial charge in [0.2, 0.25) is 17.7 Å². The number of aryl methyl sites for hydroxylation is 1. The maximum Gasteiger partial charge on any atom is 0.247 e. The Morgan fingerprint density at radius 2 is 1.65 bits per heavy atom. The quantitative estimate of drug-likeness (QED) is 0.557. The van der Waals surface area contributed by atoms with E-state index in [2.05, 4.69) is 39.4 Å². The molecule has 2 aromatic carbocycles. The lowest BCUT2D eigenvalue weighted by atomic mass is 10.2. The number of nitrogens with zero attached hydrogens (tertiary/aromatic N) is 4. The zero-order valence-corrected chi connectivity index (χ0v) is 17.7. The number of hydrogen-bond acceptors (Lipinski definition) is 5. The third-order valence-electron chi connectivity index (χ3n) is 5.47. The minimum Gasteiger partial charge on any atom is -0.421 e. The Morgan fingerprint density at radius 3 is 2.39 bits per heavy atom. The number of piperazine rings is 1. The number of rotatable bonds is 8. The second-order valence-corrected chi connectivity index (χ2v) is 7.71. The predicted octanol–water partition coefficient (Wildman–Crippen LogP) is 3.92. The average molecular weight is 417 g/mol. The van der Waals surface area contributed by atoms with E-state index in [1.165, 1.54) is 5.56 Å². The largest absolute Gasteiger partial charge is 0.421 e. The maximum absolute atomic E-state index is 12.5. The third kappa shape index (κ3) is 6.12. The molecule has 31 heavy (non-hydrogen) atoms. The van der Waals surface area contributed by atoms with Crippen LogP contribution in [0.3, 0.4) is 0 Å². The third-order valence-corrected chi connectivity index (χ3v) is 5.47. The predicted molar refractivity (Wildman–Crippen MR) is 121 cm³/mol. The van der Waals surface area contributed by atoms with Gasteiger partial charge in [-0.15, -0.1) is 10.2 Å². The molecule has 1 aromatic heterocycles. The zero-order chi connectivity index (χ0) is 21.3. The highest BCUT2D eigenvalue weighted by Crippen LogP contribution is 2.18. The van der Waals surface area contributed by atoms with Crippen LogP contribution in [-0.2, 0) is 11.2 Å². The Kier molecular flexibility index (Phi) is 7.24. The average Bonchev–Trinajstić information content (AvgIpc) is 3.30. The van der Waals surface area contributed by atoms with Crippen molar-refractivity contribution in [2.24, 2.45) is 0 Å². The van der Waals surface area contributed by atoms with Crippen molar-refractivity contribution in [2.75, 3.05) is 32.7 Å². The highest BCUT2D eigenvalue weighted by molar-refractivity contribution is 5.76. The van der Waals surface area contributed by atoms with Gasteiger partial charge < -0.3 is 9.32 Å². The van der Waals surface area contributed by atoms with Crippen molar-refractivity contribution in [2.45, 2.75) is 19.3 Å². The van der Waals surface area contributed by atoms with Crippen molar-refractivity contribution >= 4 is 12.0 Å². The number of carbonyl (C=O) groups is 1. The van der Waals surface area contributed by atoms with Crippen molar-refractivity contribution in [1.29, 1.82) is 0 Å². The van der Waals surface area contributed by atoms with Crippen LogP contribution in [0.2, 0.25) is 0 Å². The lowest BCUT2D eigenvalue weighted by Crippen LogP contribution is -2.48. The minimum absolute atomic E-state index is 0.210.